The van der Waals surface area contributed by atoms with E-state index < -0.39 is 18.1 Å². The van der Waals surface area contributed by atoms with Crippen molar-refractivity contribution in [3.8, 4) is 11.1 Å². The number of hydrogen-bond acceptors (Lipinski definition) is 4. The van der Waals surface area contributed by atoms with E-state index in [1.165, 1.54) is 11.1 Å². The van der Waals surface area contributed by atoms with Gasteiger partial charge in [0.1, 0.15) is 12.6 Å². The van der Waals surface area contributed by atoms with Gasteiger partial charge in [-0.05, 0) is 53.9 Å². The highest BCUT2D eigenvalue weighted by molar-refractivity contribution is 5.85. The van der Waals surface area contributed by atoms with Gasteiger partial charge in [-0.3, -0.25) is 4.79 Å². The van der Waals surface area contributed by atoms with Crippen molar-refractivity contribution < 1.29 is 24.2 Å². The van der Waals surface area contributed by atoms with Crippen LogP contribution in [0.1, 0.15) is 62.0 Å². The van der Waals surface area contributed by atoms with Gasteiger partial charge in [-0.1, -0.05) is 61.4 Å². The molecule has 0 radical (unpaired) electrons. The third-order valence-corrected chi connectivity index (χ3v) is 7.84. The van der Waals surface area contributed by atoms with E-state index in [1.807, 2.05) is 24.3 Å². The second-order valence-electron chi connectivity index (χ2n) is 9.86. The molecule has 3 aliphatic rings. The van der Waals surface area contributed by atoms with Gasteiger partial charge in [-0.15, -0.1) is 0 Å². The molecular formula is C28H32N2O5. The lowest BCUT2D eigenvalue weighted by molar-refractivity contribution is -0.149. The number of amides is 2. The van der Waals surface area contributed by atoms with Crippen molar-refractivity contribution in [1.29, 1.82) is 0 Å². The number of carbonyl (C=O) groups excluding carboxylic acids is 2. The van der Waals surface area contributed by atoms with Crippen LogP contribution in [-0.2, 0) is 14.3 Å². The Morgan fingerprint density at radius 3 is 2.31 bits per heavy atom. The lowest BCUT2D eigenvalue weighted by Gasteiger charge is -2.33. The van der Waals surface area contributed by atoms with Crippen molar-refractivity contribution in [2.45, 2.75) is 62.9 Å². The first-order chi connectivity index (χ1) is 17.0. The molecule has 2 N–H and O–H groups in total. The summed E-state index contributed by atoms with van der Waals surface area (Å²) in [4.78, 5) is 38.6. The van der Waals surface area contributed by atoms with Gasteiger partial charge >= 0.3 is 12.1 Å². The maximum atomic E-state index is 12.9. The molecule has 1 saturated carbocycles. The van der Waals surface area contributed by atoms with Gasteiger partial charge in [0.15, 0.2) is 0 Å². The molecule has 2 fully saturated rings. The molecule has 1 heterocycles. The summed E-state index contributed by atoms with van der Waals surface area (Å²) in [5, 5.41) is 12.4. The summed E-state index contributed by atoms with van der Waals surface area (Å²) in [6.45, 7) is 0.554. The first kappa shape index (κ1) is 23.4. The Balaban J connectivity index is 1.10. The first-order valence-corrected chi connectivity index (χ1v) is 12.7. The number of carbonyl (C=O) groups is 3. The highest BCUT2D eigenvalue weighted by Gasteiger charge is 2.47. The zero-order valence-electron chi connectivity index (χ0n) is 19.8. The standard InChI is InChI=1S/C28H32N2O5/c31-26(30-24-13-6-1-8-18(24)16-25(30)27(32)33)14-7-15-29-28(34)35-17-23-21-11-4-2-9-19(21)20-10-3-5-12-22(20)23/h2-5,9-12,18,23-25H,1,6-8,13-17H2,(H,29,34)(H,32,33). The molecule has 3 atom stereocenters. The van der Waals surface area contributed by atoms with Gasteiger partial charge in [0.2, 0.25) is 5.91 Å². The fourth-order valence-corrected chi connectivity index (χ4v) is 6.25. The lowest BCUT2D eigenvalue weighted by atomic mass is 9.84. The van der Waals surface area contributed by atoms with Crippen LogP contribution in [0.4, 0.5) is 4.79 Å². The fourth-order valence-electron chi connectivity index (χ4n) is 6.25. The number of fused-ring (bicyclic) bond motifs is 4. The zero-order chi connectivity index (χ0) is 24.4. The number of ether oxygens (including phenoxy) is 1. The van der Waals surface area contributed by atoms with E-state index in [-0.39, 0.29) is 30.9 Å². The van der Waals surface area contributed by atoms with Crippen LogP contribution in [0, 0.1) is 5.92 Å². The average molecular weight is 477 g/mol. The molecule has 1 aliphatic heterocycles. The number of likely N-dealkylation sites (tertiary alicyclic amines) is 1. The number of carboxylic acid groups (broad SMARTS) is 1. The van der Waals surface area contributed by atoms with Crippen molar-refractivity contribution in [2.75, 3.05) is 13.2 Å². The average Bonchev–Trinajstić information content (AvgIpc) is 3.42. The first-order valence-electron chi connectivity index (χ1n) is 12.7. The van der Waals surface area contributed by atoms with E-state index in [4.69, 9.17) is 4.74 Å². The zero-order valence-corrected chi connectivity index (χ0v) is 19.8. The number of aliphatic carboxylic acids is 1. The van der Waals surface area contributed by atoms with Gasteiger partial charge in [0, 0.05) is 24.9 Å². The van der Waals surface area contributed by atoms with E-state index in [1.54, 1.807) is 4.90 Å². The Morgan fingerprint density at radius 2 is 1.63 bits per heavy atom. The summed E-state index contributed by atoms with van der Waals surface area (Å²) in [5.74, 6) is -0.736. The minimum atomic E-state index is -0.912. The van der Waals surface area contributed by atoms with Crippen molar-refractivity contribution in [3.63, 3.8) is 0 Å². The van der Waals surface area contributed by atoms with Crippen LogP contribution in [-0.4, -0.2) is 53.2 Å². The highest BCUT2D eigenvalue weighted by atomic mass is 16.5. The number of hydrogen-bond donors (Lipinski definition) is 2. The molecule has 35 heavy (non-hydrogen) atoms. The van der Waals surface area contributed by atoms with Crippen LogP contribution in [0.2, 0.25) is 0 Å². The summed E-state index contributed by atoms with van der Waals surface area (Å²) >= 11 is 0. The Bertz CT molecular complexity index is 1070. The van der Waals surface area contributed by atoms with Gasteiger partial charge in [-0.25, -0.2) is 9.59 Å². The van der Waals surface area contributed by atoms with Gasteiger partial charge < -0.3 is 20.1 Å². The van der Waals surface area contributed by atoms with Crippen molar-refractivity contribution >= 4 is 18.0 Å². The molecule has 7 nitrogen and oxygen atoms in total. The van der Waals surface area contributed by atoms with Crippen LogP contribution in [0.5, 0.6) is 0 Å². The van der Waals surface area contributed by atoms with E-state index in [0.29, 0.717) is 25.3 Å². The summed E-state index contributed by atoms with van der Waals surface area (Å²) in [6, 6.07) is 15.7. The molecule has 0 bridgehead atoms. The molecule has 0 spiro atoms. The number of alkyl carbamates (subject to hydrolysis) is 1. The topological polar surface area (TPSA) is 95.9 Å². The molecule has 7 heteroatoms. The van der Waals surface area contributed by atoms with Crippen LogP contribution < -0.4 is 5.32 Å². The van der Waals surface area contributed by atoms with Crippen molar-refractivity contribution in [1.82, 2.24) is 10.2 Å². The molecule has 2 aliphatic carbocycles. The van der Waals surface area contributed by atoms with Gasteiger partial charge in [0.05, 0.1) is 0 Å². The SMILES string of the molecule is O=C(NCCCC(=O)N1C(C(=O)O)CC2CCCCC21)OCC1c2ccccc2-c2ccccc21. The normalized spacial score (nSPS) is 22.7. The molecule has 2 aromatic carbocycles. The number of rotatable bonds is 7. The predicted molar refractivity (Wildman–Crippen MR) is 131 cm³/mol. The molecule has 3 unspecified atom stereocenters. The van der Waals surface area contributed by atoms with Crippen molar-refractivity contribution in [2.24, 2.45) is 5.92 Å². The maximum absolute atomic E-state index is 12.9. The number of nitrogens with zero attached hydrogens (tertiary/aromatic N) is 1. The molecule has 2 aromatic rings. The second kappa shape index (κ2) is 10.1. The molecule has 1 saturated heterocycles. The number of benzene rings is 2. The summed E-state index contributed by atoms with van der Waals surface area (Å²) < 4.78 is 5.54. The van der Waals surface area contributed by atoms with E-state index in [0.717, 1.165) is 36.8 Å². The second-order valence-corrected chi connectivity index (χ2v) is 9.86. The monoisotopic (exact) mass is 476 g/mol. The minimum Gasteiger partial charge on any atom is -0.480 e. The molecule has 0 aromatic heterocycles. The summed E-state index contributed by atoms with van der Waals surface area (Å²) in [5.41, 5.74) is 4.67. The third kappa shape index (κ3) is 4.64. The molecular weight excluding hydrogens is 444 g/mol. The summed E-state index contributed by atoms with van der Waals surface area (Å²) in [6.07, 6.45) is 4.76. The molecule has 2 amide bonds. The Kier molecular flexibility index (Phi) is 6.75. The van der Waals surface area contributed by atoms with E-state index in [2.05, 4.69) is 29.6 Å². The summed E-state index contributed by atoms with van der Waals surface area (Å²) in [7, 11) is 0. The maximum Gasteiger partial charge on any atom is 0.407 e. The highest BCUT2D eigenvalue weighted by Crippen LogP contribution is 2.44. The predicted octanol–water partition coefficient (Wildman–Crippen LogP) is 4.55. The van der Waals surface area contributed by atoms with Crippen LogP contribution in [0.25, 0.3) is 11.1 Å². The Labute approximate surface area is 205 Å². The van der Waals surface area contributed by atoms with Crippen LogP contribution in [0.15, 0.2) is 48.5 Å². The van der Waals surface area contributed by atoms with E-state index >= 15 is 0 Å². The molecule has 184 valence electrons. The van der Waals surface area contributed by atoms with Crippen LogP contribution in [0.3, 0.4) is 0 Å². The third-order valence-electron chi connectivity index (χ3n) is 7.84. The minimum absolute atomic E-state index is 0.00119. The smallest absolute Gasteiger partial charge is 0.407 e. The molecule has 5 rings (SSSR count). The fraction of sp³-hybridized carbons (Fsp3) is 0.464. The quantitative estimate of drug-likeness (QED) is 0.572. The largest absolute Gasteiger partial charge is 0.480 e. The Morgan fingerprint density at radius 1 is 0.971 bits per heavy atom. The number of carboxylic acids is 1. The lowest BCUT2D eigenvalue weighted by Crippen LogP contribution is -2.46. The number of nitrogens with one attached hydrogen (secondary N) is 1. The van der Waals surface area contributed by atoms with Crippen molar-refractivity contribution in [3.05, 3.63) is 59.7 Å². The Hall–Kier alpha value is -3.35. The van der Waals surface area contributed by atoms with Gasteiger partial charge in [0.25, 0.3) is 0 Å². The van der Waals surface area contributed by atoms with Gasteiger partial charge in [-0.2, -0.15) is 0 Å². The van der Waals surface area contributed by atoms with Crippen LogP contribution >= 0.6 is 0 Å². The van der Waals surface area contributed by atoms with E-state index in [9.17, 15) is 19.5 Å².